The van der Waals surface area contributed by atoms with E-state index in [4.69, 9.17) is 5.73 Å². The molecule has 0 spiro atoms. The first kappa shape index (κ1) is 11.6. The molecule has 1 atom stereocenters. The van der Waals surface area contributed by atoms with Crippen LogP contribution >= 0.6 is 22.6 Å². The molecule has 0 aromatic carbocycles. The SMILES string of the molecule is CC(C)N1NC=C(c2ccnc(N)n2)C1I. The molecule has 86 valence electrons. The summed E-state index contributed by atoms with van der Waals surface area (Å²) in [5, 5.41) is 2.16. The lowest BCUT2D eigenvalue weighted by atomic mass is 10.2. The topological polar surface area (TPSA) is 67.1 Å². The van der Waals surface area contributed by atoms with E-state index in [1.54, 1.807) is 6.20 Å². The molecular weight excluding hydrogens is 317 g/mol. The second-order valence-corrected chi connectivity index (χ2v) is 5.05. The van der Waals surface area contributed by atoms with Crippen LogP contribution < -0.4 is 11.2 Å². The highest BCUT2D eigenvalue weighted by Crippen LogP contribution is 2.29. The second kappa shape index (κ2) is 4.54. The molecule has 0 aliphatic carbocycles. The maximum atomic E-state index is 5.58. The number of nitrogens with one attached hydrogen (secondary N) is 1. The maximum Gasteiger partial charge on any atom is 0.220 e. The lowest BCUT2D eigenvalue weighted by molar-refractivity contribution is 0.205. The molecule has 0 bridgehead atoms. The van der Waals surface area contributed by atoms with Crippen LogP contribution in [0.3, 0.4) is 0 Å². The predicted octanol–water partition coefficient (Wildman–Crippen LogP) is 1.39. The van der Waals surface area contributed by atoms with Gasteiger partial charge in [-0.3, -0.25) is 0 Å². The number of rotatable bonds is 2. The minimum Gasteiger partial charge on any atom is -0.368 e. The van der Waals surface area contributed by atoms with Gasteiger partial charge in [0.15, 0.2) is 0 Å². The fourth-order valence-corrected chi connectivity index (χ4v) is 2.87. The van der Waals surface area contributed by atoms with Crippen molar-refractivity contribution in [3.8, 4) is 0 Å². The van der Waals surface area contributed by atoms with Gasteiger partial charge in [-0.05, 0) is 19.9 Å². The fourth-order valence-electron chi connectivity index (χ4n) is 1.57. The van der Waals surface area contributed by atoms with E-state index in [2.05, 4.69) is 56.8 Å². The summed E-state index contributed by atoms with van der Waals surface area (Å²) < 4.78 is 0.256. The minimum atomic E-state index is 0.256. The molecule has 0 saturated heterocycles. The Morgan fingerprint density at radius 2 is 2.31 bits per heavy atom. The van der Waals surface area contributed by atoms with Crippen molar-refractivity contribution < 1.29 is 0 Å². The summed E-state index contributed by atoms with van der Waals surface area (Å²) in [6.07, 6.45) is 3.65. The van der Waals surface area contributed by atoms with E-state index in [1.807, 2.05) is 12.3 Å². The van der Waals surface area contributed by atoms with E-state index in [1.165, 1.54) is 0 Å². The van der Waals surface area contributed by atoms with Crippen molar-refractivity contribution in [2.75, 3.05) is 5.73 Å². The first-order valence-corrected chi connectivity index (χ1v) is 6.31. The molecule has 0 fully saturated rings. The van der Waals surface area contributed by atoms with E-state index in [0.717, 1.165) is 11.3 Å². The molecule has 16 heavy (non-hydrogen) atoms. The Kier molecular flexibility index (Phi) is 3.29. The van der Waals surface area contributed by atoms with E-state index in [0.29, 0.717) is 12.0 Å². The molecule has 6 heteroatoms. The fraction of sp³-hybridized carbons (Fsp3) is 0.400. The van der Waals surface area contributed by atoms with Crippen molar-refractivity contribution in [3.63, 3.8) is 0 Å². The van der Waals surface area contributed by atoms with Gasteiger partial charge in [-0.1, -0.05) is 22.6 Å². The van der Waals surface area contributed by atoms with Crippen molar-refractivity contribution >= 4 is 34.1 Å². The number of nitrogens with two attached hydrogens (primary N) is 1. The molecule has 1 aliphatic rings. The Morgan fingerprint density at radius 1 is 1.56 bits per heavy atom. The molecule has 3 N–H and O–H groups in total. The van der Waals surface area contributed by atoms with Crippen molar-refractivity contribution in [2.45, 2.75) is 23.9 Å². The molecule has 2 rings (SSSR count). The van der Waals surface area contributed by atoms with Crippen LogP contribution in [0.1, 0.15) is 19.5 Å². The molecule has 1 aromatic rings. The summed E-state index contributed by atoms with van der Waals surface area (Å²) in [7, 11) is 0. The summed E-state index contributed by atoms with van der Waals surface area (Å²) in [5.74, 6) is 0.310. The van der Waals surface area contributed by atoms with Gasteiger partial charge in [0.2, 0.25) is 5.95 Å². The average Bonchev–Trinajstić information content (AvgIpc) is 2.60. The van der Waals surface area contributed by atoms with Gasteiger partial charge in [0, 0.05) is 24.0 Å². The number of halogens is 1. The largest absolute Gasteiger partial charge is 0.368 e. The van der Waals surface area contributed by atoms with Crippen LogP contribution in [0.15, 0.2) is 18.5 Å². The lowest BCUT2D eigenvalue weighted by Gasteiger charge is -2.25. The highest BCUT2D eigenvalue weighted by molar-refractivity contribution is 14.1. The number of hydrogen-bond donors (Lipinski definition) is 2. The third kappa shape index (κ3) is 2.12. The smallest absolute Gasteiger partial charge is 0.220 e. The molecular formula is C10H14IN5. The molecule has 1 aromatic heterocycles. The maximum absolute atomic E-state index is 5.58. The van der Waals surface area contributed by atoms with Gasteiger partial charge in [0.1, 0.15) is 4.05 Å². The Balaban J connectivity index is 2.24. The summed E-state index contributed by atoms with van der Waals surface area (Å²) in [4.78, 5) is 8.12. The minimum absolute atomic E-state index is 0.256. The summed E-state index contributed by atoms with van der Waals surface area (Å²) in [5.41, 5.74) is 10.8. The molecule has 0 saturated carbocycles. The Bertz CT molecular complexity index is 417. The van der Waals surface area contributed by atoms with Gasteiger partial charge in [-0.15, -0.1) is 0 Å². The molecule has 2 heterocycles. The number of nitrogen functional groups attached to an aromatic ring is 1. The highest BCUT2D eigenvalue weighted by Gasteiger charge is 2.28. The molecule has 5 nitrogen and oxygen atoms in total. The zero-order chi connectivity index (χ0) is 11.7. The predicted molar refractivity (Wildman–Crippen MR) is 72.3 cm³/mol. The first-order valence-electron chi connectivity index (χ1n) is 5.07. The zero-order valence-corrected chi connectivity index (χ0v) is 11.3. The Labute approximate surface area is 108 Å². The van der Waals surface area contributed by atoms with E-state index in [9.17, 15) is 0 Å². The summed E-state index contributed by atoms with van der Waals surface area (Å²) >= 11 is 2.38. The summed E-state index contributed by atoms with van der Waals surface area (Å²) in [6.45, 7) is 4.29. The van der Waals surface area contributed by atoms with Crippen molar-refractivity contribution in [1.82, 2.24) is 20.4 Å². The molecule has 1 aliphatic heterocycles. The quantitative estimate of drug-likeness (QED) is 0.487. The normalized spacial score (nSPS) is 21.0. The van der Waals surface area contributed by atoms with Crippen molar-refractivity contribution in [3.05, 3.63) is 24.2 Å². The van der Waals surface area contributed by atoms with Crippen LogP contribution in [0.5, 0.6) is 0 Å². The van der Waals surface area contributed by atoms with Crippen LogP contribution in [0.25, 0.3) is 5.57 Å². The van der Waals surface area contributed by atoms with Crippen LogP contribution in [-0.4, -0.2) is 25.1 Å². The Hall–Kier alpha value is -0.890. The monoisotopic (exact) mass is 331 g/mol. The van der Waals surface area contributed by atoms with Gasteiger partial charge in [-0.25, -0.2) is 15.0 Å². The number of nitrogens with zero attached hydrogens (tertiary/aromatic N) is 3. The second-order valence-electron chi connectivity index (χ2n) is 3.87. The van der Waals surface area contributed by atoms with E-state index in [-0.39, 0.29) is 4.05 Å². The zero-order valence-electron chi connectivity index (χ0n) is 9.18. The number of anilines is 1. The molecule has 1 unspecified atom stereocenters. The van der Waals surface area contributed by atoms with Gasteiger partial charge in [-0.2, -0.15) is 0 Å². The number of aromatic nitrogens is 2. The van der Waals surface area contributed by atoms with Crippen molar-refractivity contribution in [2.24, 2.45) is 0 Å². The Morgan fingerprint density at radius 3 is 2.88 bits per heavy atom. The van der Waals surface area contributed by atoms with Crippen molar-refractivity contribution in [1.29, 1.82) is 0 Å². The number of hydrogen-bond acceptors (Lipinski definition) is 5. The standard InChI is InChI=1S/C10H14IN5/c1-6(2)16-9(11)7(5-14-16)8-3-4-13-10(12)15-8/h3-6,9,14H,1-2H3,(H2,12,13,15). The van der Waals surface area contributed by atoms with Gasteiger partial charge in [0.05, 0.1) is 5.69 Å². The third-order valence-corrected chi connectivity index (χ3v) is 3.67. The molecule has 0 radical (unpaired) electrons. The number of hydrazine groups is 1. The average molecular weight is 331 g/mol. The van der Waals surface area contributed by atoms with Crippen LogP contribution in [0.4, 0.5) is 5.95 Å². The van der Waals surface area contributed by atoms with Crippen LogP contribution in [0, 0.1) is 0 Å². The molecule has 0 amide bonds. The third-order valence-electron chi connectivity index (χ3n) is 2.40. The first-order chi connectivity index (χ1) is 7.59. The highest BCUT2D eigenvalue weighted by atomic mass is 127. The number of alkyl halides is 1. The van der Waals surface area contributed by atoms with Crippen LogP contribution in [-0.2, 0) is 0 Å². The summed E-state index contributed by atoms with van der Waals surface area (Å²) in [6, 6.07) is 2.30. The van der Waals surface area contributed by atoms with Gasteiger partial charge in [0.25, 0.3) is 0 Å². The van der Waals surface area contributed by atoms with E-state index < -0.39 is 0 Å². The lowest BCUT2D eigenvalue weighted by Crippen LogP contribution is -2.40. The van der Waals surface area contributed by atoms with Gasteiger partial charge < -0.3 is 11.2 Å². The van der Waals surface area contributed by atoms with Gasteiger partial charge >= 0.3 is 0 Å². The van der Waals surface area contributed by atoms with E-state index >= 15 is 0 Å². The van der Waals surface area contributed by atoms with Crippen LogP contribution in [0.2, 0.25) is 0 Å².